The number of rotatable bonds is 5. The smallest absolute Gasteiger partial charge is 0.248 e. The van der Waals surface area contributed by atoms with Crippen LogP contribution in [0.25, 0.3) is 11.4 Å². The summed E-state index contributed by atoms with van der Waals surface area (Å²) in [5, 5.41) is 4.19. The normalized spacial score (nSPS) is 17.0. The van der Waals surface area contributed by atoms with Crippen LogP contribution in [0.3, 0.4) is 0 Å². The average molecular weight is 365 g/mol. The van der Waals surface area contributed by atoms with Crippen molar-refractivity contribution in [1.29, 1.82) is 0 Å². The molecule has 140 valence electrons. The predicted octanol–water partition coefficient (Wildman–Crippen LogP) is 2.48. The molecule has 3 aromatic rings. The highest BCUT2D eigenvalue weighted by atomic mass is 16.5. The van der Waals surface area contributed by atoms with Crippen molar-refractivity contribution in [3.63, 3.8) is 0 Å². The average Bonchev–Trinajstić information content (AvgIpc) is 3.20. The molecule has 0 unspecified atom stereocenters. The van der Waals surface area contributed by atoms with Crippen LogP contribution in [0.15, 0.2) is 53.2 Å². The summed E-state index contributed by atoms with van der Waals surface area (Å²) < 4.78 is 10.8. The molecule has 1 saturated heterocycles. The third-order valence-electron chi connectivity index (χ3n) is 4.90. The van der Waals surface area contributed by atoms with Crippen molar-refractivity contribution < 1.29 is 9.26 Å². The van der Waals surface area contributed by atoms with Crippen LogP contribution in [0.5, 0.6) is 5.88 Å². The molecule has 4 rings (SSSR count). The van der Waals surface area contributed by atoms with Crippen molar-refractivity contribution in [2.75, 3.05) is 40.3 Å². The molecule has 1 atom stereocenters. The topological polar surface area (TPSA) is 67.5 Å². The lowest BCUT2D eigenvalue weighted by molar-refractivity contribution is 0.111. The third kappa shape index (κ3) is 3.84. The summed E-state index contributed by atoms with van der Waals surface area (Å²) in [5.41, 5.74) is 1.96. The number of methoxy groups -OCH3 is 1. The molecule has 0 bridgehead atoms. The number of ether oxygens (including phenoxy) is 1. The first-order valence-electron chi connectivity index (χ1n) is 9.06. The summed E-state index contributed by atoms with van der Waals surface area (Å²) in [6.45, 7) is 3.95. The van der Waals surface area contributed by atoms with Crippen LogP contribution in [0, 0.1) is 0 Å². The maximum Gasteiger partial charge on any atom is 0.248 e. The van der Waals surface area contributed by atoms with Gasteiger partial charge in [-0.2, -0.15) is 4.98 Å². The molecule has 2 aromatic heterocycles. The summed E-state index contributed by atoms with van der Waals surface area (Å²) in [4.78, 5) is 13.7. The maximum atomic E-state index is 5.70. The second-order valence-electron chi connectivity index (χ2n) is 6.70. The van der Waals surface area contributed by atoms with Gasteiger partial charge in [0.15, 0.2) is 0 Å². The molecule has 0 spiro atoms. The first kappa shape index (κ1) is 17.6. The summed E-state index contributed by atoms with van der Waals surface area (Å²) in [6.07, 6.45) is 1.70. The fraction of sp³-hybridized carbons (Fsp3) is 0.350. The zero-order valence-corrected chi connectivity index (χ0v) is 15.6. The molecule has 0 amide bonds. The van der Waals surface area contributed by atoms with Crippen LogP contribution in [0.4, 0.5) is 0 Å². The van der Waals surface area contributed by atoms with E-state index < -0.39 is 0 Å². The second kappa shape index (κ2) is 7.85. The summed E-state index contributed by atoms with van der Waals surface area (Å²) in [7, 11) is 3.74. The summed E-state index contributed by atoms with van der Waals surface area (Å²) in [6, 6.07) is 14.0. The minimum Gasteiger partial charge on any atom is -0.481 e. The SMILES string of the molecule is COc1ccc(-c2noc([C@@H](c3ccccc3)N3CCN(C)CC3)n2)cn1. The van der Waals surface area contributed by atoms with Gasteiger partial charge in [0.1, 0.15) is 6.04 Å². The van der Waals surface area contributed by atoms with E-state index in [0.717, 1.165) is 37.3 Å². The Morgan fingerprint density at radius 3 is 2.48 bits per heavy atom. The molecule has 1 aliphatic rings. The highest BCUT2D eigenvalue weighted by molar-refractivity contribution is 5.53. The van der Waals surface area contributed by atoms with Gasteiger partial charge in [0.25, 0.3) is 0 Å². The standard InChI is InChI=1S/C20H23N5O2/c1-24-10-12-25(13-11-24)18(15-6-4-3-5-7-15)20-22-19(23-27-20)16-8-9-17(26-2)21-14-16/h3-9,14,18H,10-13H2,1-2H3/t18-/m1/s1. The van der Waals surface area contributed by atoms with Crippen LogP contribution in [-0.2, 0) is 0 Å². The predicted molar refractivity (Wildman–Crippen MR) is 101 cm³/mol. The van der Waals surface area contributed by atoms with E-state index >= 15 is 0 Å². The Morgan fingerprint density at radius 2 is 1.81 bits per heavy atom. The van der Waals surface area contributed by atoms with E-state index in [4.69, 9.17) is 14.2 Å². The Bertz CT molecular complexity index is 858. The van der Waals surface area contributed by atoms with E-state index in [2.05, 4.69) is 39.1 Å². The maximum absolute atomic E-state index is 5.70. The third-order valence-corrected chi connectivity index (χ3v) is 4.90. The number of hydrogen-bond donors (Lipinski definition) is 0. The summed E-state index contributed by atoms with van der Waals surface area (Å²) >= 11 is 0. The molecule has 0 radical (unpaired) electrons. The number of likely N-dealkylation sites (N-methyl/N-ethyl adjacent to an activating group) is 1. The van der Waals surface area contributed by atoms with Crippen molar-refractivity contribution in [3.8, 4) is 17.3 Å². The minimum absolute atomic E-state index is 0.0487. The quantitative estimate of drug-likeness (QED) is 0.688. The minimum atomic E-state index is -0.0487. The van der Waals surface area contributed by atoms with Gasteiger partial charge in [-0.05, 0) is 18.7 Å². The van der Waals surface area contributed by atoms with Crippen LogP contribution in [0.2, 0.25) is 0 Å². The van der Waals surface area contributed by atoms with Crippen LogP contribution < -0.4 is 4.74 Å². The summed E-state index contributed by atoms with van der Waals surface area (Å²) in [5.74, 6) is 1.70. The Morgan fingerprint density at radius 1 is 1.04 bits per heavy atom. The van der Waals surface area contributed by atoms with Gasteiger partial charge in [0.2, 0.25) is 17.6 Å². The molecule has 3 heterocycles. The lowest BCUT2D eigenvalue weighted by atomic mass is 10.0. The van der Waals surface area contributed by atoms with Gasteiger partial charge in [-0.3, -0.25) is 4.90 Å². The fourth-order valence-electron chi connectivity index (χ4n) is 3.32. The molecule has 27 heavy (non-hydrogen) atoms. The van der Waals surface area contributed by atoms with Crippen molar-refractivity contribution >= 4 is 0 Å². The van der Waals surface area contributed by atoms with E-state index in [-0.39, 0.29) is 6.04 Å². The van der Waals surface area contributed by atoms with E-state index in [1.54, 1.807) is 19.4 Å². The Hall–Kier alpha value is -2.77. The van der Waals surface area contributed by atoms with Crippen molar-refractivity contribution in [2.45, 2.75) is 6.04 Å². The van der Waals surface area contributed by atoms with Crippen molar-refractivity contribution in [1.82, 2.24) is 24.9 Å². The van der Waals surface area contributed by atoms with Crippen LogP contribution in [0.1, 0.15) is 17.5 Å². The van der Waals surface area contributed by atoms with E-state index in [1.165, 1.54) is 0 Å². The highest BCUT2D eigenvalue weighted by Crippen LogP contribution is 2.30. The van der Waals surface area contributed by atoms with Crippen molar-refractivity contribution in [2.24, 2.45) is 0 Å². The lowest BCUT2D eigenvalue weighted by Crippen LogP contribution is -2.46. The number of aromatic nitrogens is 3. The van der Waals surface area contributed by atoms with Crippen LogP contribution >= 0.6 is 0 Å². The van der Waals surface area contributed by atoms with E-state index in [1.807, 2.05) is 24.3 Å². The number of nitrogens with zero attached hydrogens (tertiary/aromatic N) is 5. The number of pyridine rings is 1. The van der Waals surface area contributed by atoms with Gasteiger partial charge in [-0.1, -0.05) is 35.5 Å². The molecule has 0 saturated carbocycles. The number of hydrogen-bond acceptors (Lipinski definition) is 7. The molecule has 1 aliphatic heterocycles. The molecule has 7 nitrogen and oxygen atoms in total. The number of piperazine rings is 1. The number of benzene rings is 1. The van der Waals surface area contributed by atoms with Gasteiger partial charge in [-0.15, -0.1) is 0 Å². The van der Waals surface area contributed by atoms with Crippen molar-refractivity contribution in [3.05, 3.63) is 60.1 Å². The molecule has 1 fully saturated rings. The second-order valence-corrected chi connectivity index (χ2v) is 6.70. The van der Waals surface area contributed by atoms with Crippen LogP contribution in [-0.4, -0.2) is 65.3 Å². The largest absolute Gasteiger partial charge is 0.481 e. The van der Waals surface area contributed by atoms with E-state index in [9.17, 15) is 0 Å². The Labute approximate surface area is 158 Å². The lowest BCUT2D eigenvalue weighted by Gasteiger charge is -2.36. The molecular weight excluding hydrogens is 342 g/mol. The zero-order chi connectivity index (χ0) is 18.6. The molecule has 0 aliphatic carbocycles. The Balaban J connectivity index is 1.65. The monoisotopic (exact) mass is 365 g/mol. The zero-order valence-electron chi connectivity index (χ0n) is 15.6. The van der Waals surface area contributed by atoms with Gasteiger partial charge >= 0.3 is 0 Å². The molecule has 0 N–H and O–H groups in total. The fourth-order valence-corrected chi connectivity index (χ4v) is 3.32. The van der Waals surface area contributed by atoms with Gasteiger partial charge < -0.3 is 14.2 Å². The highest BCUT2D eigenvalue weighted by Gasteiger charge is 2.30. The van der Waals surface area contributed by atoms with Gasteiger partial charge in [0, 0.05) is 44.0 Å². The van der Waals surface area contributed by atoms with Gasteiger partial charge in [0.05, 0.1) is 7.11 Å². The van der Waals surface area contributed by atoms with Gasteiger partial charge in [-0.25, -0.2) is 4.98 Å². The molecule has 7 heteroatoms. The van der Waals surface area contributed by atoms with E-state index in [0.29, 0.717) is 17.6 Å². The first-order valence-corrected chi connectivity index (χ1v) is 9.06. The molecule has 1 aromatic carbocycles. The Kier molecular flexibility index (Phi) is 5.13. The first-order chi connectivity index (χ1) is 13.2. The molecular formula is C20H23N5O2.